The van der Waals surface area contributed by atoms with Gasteiger partial charge in [-0.05, 0) is 37.1 Å². The zero-order valence-corrected chi connectivity index (χ0v) is 12.8. The van der Waals surface area contributed by atoms with Crippen LogP contribution in [-0.4, -0.2) is 34.5 Å². The van der Waals surface area contributed by atoms with Crippen LogP contribution in [0.5, 0.6) is 0 Å². The van der Waals surface area contributed by atoms with Crippen LogP contribution in [0.4, 0.5) is 0 Å². The van der Waals surface area contributed by atoms with Crippen molar-refractivity contribution in [2.45, 2.75) is 33.7 Å². The Morgan fingerprint density at radius 2 is 2.05 bits per heavy atom. The van der Waals surface area contributed by atoms with Gasteiger partial charge in [0.05, 0.1) is 17.6 Å². The molecule has 0 atom stereocenters. The highest BCUT2D eigenvalue weighted by Gasteiger charge is 2.20. The molecule has 2 rings (SSSR count). The van der Waals surface area contributed by atoms with Gasteiger partial charge in [0.25, 0.3) is 0 Å². The summed E-state index contributed by atoms with van der Waals surface area (Å²) in [5.74, 6) is 1.03. The second kappa shape index (κ2) is 6.37. The fourth-order valence-electron chi connectivity index (χ4n) is 2.49. The number of imidazole rings is 1. The standard InChI is InChI=1S/C16H26N4/c1-4-9-20(12-16(2,3)11-17)10-15-18-13-7-5-6-8-14(13)19-15/h5-8H,4,9-12,17H2,1-3H3,(H,18,19). The van der Waals surface area contributed by atoms with E-state index in [9.17, 15) is 0 Å². The molecule has 1 aromatic heterocycles. The van der Waals surface area contributed by atoms with Crippen molar-refractivity contribution < 1.29 is 0 Å². The number of nitrogens with two attached hydrogens (primary N) is 1. The van der Waals surface area contributed by atoms with Gasteiger partial charge in [-0.3, -0.25) is 4.90 Å². The Hall–Kier alpha value is -1.39. The van der Waals surface area contributed by atoms with Gasteiger partial charge in [-0.1, -0.05) is 32.9 Å². The summed E-state index contributed by atoms with van der Waals surface area (Å²) in [5, 5.41) is 0. The van der Waals surface area contributed by atoms with Crippen LogP contribution in [0.1, 0.15) is 33.0 Å². The first-order chi connectivity index (χ1) is 9.54. The van der Waals surface area contributed by atoms with Crippen LogP contribution in [0.15, 0.2) is 24.3 Å². The van der Waals surface area contributed by atoms with Crippen LogP contribution < -0.4 is 5.73 Å². The highest BCUT2D eigenvalue weighted by atomic mass is 15.2. The molecule has 0 aliphatic carbocycles. The van der Waals surface area contributed by atoms with Crippen molar-refractivity contribution in [2.75, 3.05) is 19.6 Å². The molecule has 1 heterocycles. The molecule has 0 fully saturated rings. The number of aromatic amines is 1. The van der Waals surface area contributed by atoms with E-state index >= 15 is 0 Å². The van der Waals surface area contributed by atoms with Gasteiger partial charge in [0.2, 0.25) is 0 Å². The van der Waals surface area contributed by atoms with E-state index in [1.54, 1.807) is 0 Å². The molecule has 4 nitrogen and oxygen atoms in total. The van der Waals surface area contributed by atoms with Crippen molar-refractivity contribution in [1.82, 2.24) is 14.9 Å². The maximum Gasteiger partial charge on any atom is 0.121 e. The molecule has 0 radical (unpaired) electrons. The molecule has 3 N–H and O–H groups in total. The van der Waals surface area contributed by atoms with E-state index in [1.165, 1.54) is 0 Å². The maximum absolute atomic E-state index is 5.86. The Balaban J connectivity index is 2.10. The Morgan fingerprint density at radius 3 is 2.70 bits per heavy atom. The van der Waals surface area contributed by atoms with Crippen molar-refractivity contribution in [3.63, 3.8) is 0 Å². The molecular formula is C16H26N4. The summed E-state index contributed by atoms with van der Waals surface area (Å²) in [6.07, 6.45) is 1.14. The lowest BCUT2D eigenvalue weighted by molar-refractivity contribution is 0.173. The van der Waals surface area contributed by atoms with Crippen LogP contribution in [-0.2, 0) is 6.54 Å². The maximum atomic E-state index is 5.86. The van der Waals surface area contributed by atoms with Crippen molar-refractivity contribution in [3.05, 3.63) is 30.1 Å². The van der Waals surface area contributed by atoms with E-state index in [0.29, 0.717) is 6.54 Å². The van der Waals surface area contributed by atoms with Gasteiger partial charge >= 0.3 is 0 Å². The van der Waals surface area contributed by atoms with Crippen molar-refractivity contribution in [1.29, 1.82) is 0 Å². The molecule has 0 saturated heterocycles. The number of rotatable bonds is 7. The first-order valence-electron chi connectivity index (χ1n) is 7.40. The van der Waals surface area contributed by atoms with Gasteiger partial charge in [-0.15, -0.1) is 0 Å². The number of H-pyrrole nitrogens is 1. The third-order valence-electron chi connectivity index (χ3n) is 3.56. The third kappa shape index (κ3) is 3.81. The predicted molar refractivity (Wildman–Crippen MR) is 84.5 cm³/mol. The highest BCUT2D eigenvalue weighted by Crippen LogP contribution is 2.18. The average Bonchev–Trinajstić information content (AvgIpc) is 2.80. The molecule has 1 aromatic carbocycles. The molecule has 0 unspecified atom stereocenters. The van der Waals surface area contributed by atoms with Crippen molar-refractivity contribution in [2.24, 2.45) is 11.1 Å². The first kappa shape index (κ1) is 15.0. The fourth-order valence-corrected chi connectivity index (χ4v) is 2.49. The van der Waals surface area contributed by atoms with E-state index < -0.39 is 0 Å². The smallest absolute Gasteiger partial charge is 0.121 e. The third-order valence-corrected chi connectivity index (χ3v) is 3.56. The second-order valence-electron chi connectivity index (χ2n) is 6.28. The second-order valence-corrected chi connectivity index (χ2v) is 6.28. The van der Waals surface area contributed by atoms with Crippen LogP contribution >= 0.6 is 0 Å². The normalized spacial score (nSPS) is 12.4. The van der Waals surface area contributed by atoms with Gasteiger partial charge in [-0.2, -0.15) is 0 Å². The fraction of sp³-hybridized carbons (Fsp3) is 0.562. The van der Waals surface area contributed by atoms with Gasteiger partial charge < -0.3 is 10.7 Å². The van der Waals surface area contributed by atoms with Crippen LogP contribution in [0.3, 0.4) is 0 Å². The van der Waals surface area contributed by atoms with E-state index in [2.05, 4.69) is 41.7 Å². The summed E-state index contributed by atoms with van der Waals surface area (Å²) in [7, 11) is 0. The number of benzene rings is 1. The van der Waals surface area contributed by atoms with E-state index in [-0.39, 0.29) is 5.41 Å². The SMILES string of the molecule is CCCN(Cc1nc2ccccc2[nH]1)CC(C)(C)CN. The van der Waals surface area contributed by atoms with Gasteiger partial charge in [0.15, 0.2) is 0 Å². The molecule has 0 spiro atoms. The van der Waals surface area contributed by atoms with Crippen LogP contribution in [0.2, 0.25) is 0 Å². The highest BCUT2D eigenvalue weighted by molar-refractivity contribution is 5.74. The average molecular weight is 274 g/mol. The summed E-state index contributed by atoms with van der Waals surface area (Å²) in [5.41, 5.74) is 8.14. The van der Waals surface area contributed by atoms with E-state index in [4.69, 9.17) is 5.73 Å². The summed E-state index contributed by atoms with van der Waals surface area (Å²) in [6, 6.07) is 8.17. The number of hydrogen-bond donors (Lipinski definition) is 2. The number of hydrogen-bond acceptors (Lipinski definition) is 3. The molecular weight excluding hydrogens is 248 g/mol. The molecule has 0 aliphatic heterocycles. The van der Waals surface area contributed by atoms with Gasteiger partial charge in [0, 0.05) is 6.54 Å². The number of nitrogens with zero attached hydrogens (tertiary/aromatic N) is 2. The zero-order chi connectivity index (χ0) is 14.6. The number of aromatic nitrogens is 2. The summed E-state index contributed by atoms with van der Waals surface area (Å²) >= 11 is 0. The molecule has 0 aliphatic rings. The topological polar surface area (TPSA) is 57.9 Å². The number of fused-ring (bicyclic) bond motifs is 1. The molecule has 2 aromatic rings. The van der Waals surface area contributed by atoms with E-state index in [0.717, 1.165) is 42.9 Å². The largest absolute Gasteiger partial charge is 0.341 e. The minimum atomic E-state index is 0.140. The van der Waals surface area contributed by atoms with Crippen LogP contribution in [0.25, 0.3) is 11.0 Å². The summed E-state index contributed by atoms with van der Waals surface area (Å²) in [6.45, 7) is 10.3. The van der Waals surface area contributed by atoms with Crippen molar-refractivity contribution in [3.8, 4) is 0 Å². The zero-order valence-electron chi connectivity index (χ0n) is 12.8. The number of para-hydroxylation sites is 2. The van der Waals surface area contributed by atoms with Gasteiger partial charge in [0.1, 0.15) is 5.82 Å². The van der Waals surface area contributed by atoms with Gasteiger partial charge in [-0.25, -0.2) is 4.98 Å². The Bertz CT molecular complexity index is 511. The lowest BCUT2D eigenvalue weighted by atomic mass is 9.93. The molecule has 0 amide bonds. The monoisotopic (exact) mass is 274 g/mol. The lowest BCUT2D eigenvalue weighted by Crippen LogP contribution is -2.39. The molecule has 20 heavy (non-hydrogen) atoms. The van der Waals surface area contributed by atoms with Crippen LogP contribution in [0, 0.1) is 5.41 Å². The first-order valence-corrected chi connectivity index (χ1v) is 7.40. The molecule has 4 heteroatoms. The minimum Gasteiger partial charge on any atom is -0.341 e. The quantitative estimate of drug-likeness (QED) is 0.816. The predicted octanol–water partition coefficient (Wildman–Crippen LogP) is 2.76. The molecule has 0 bridgehead atoms. The Labute approximate surface area is 121 Å². The van der Waals surface area contributed by atoms with Crippen molar-refractivity contribution >= 4 is 11.0 Å². The molecule has 110 valence electrons. The lowest BCUT2D eigenvalue weighted by Gasteiger charge is -2.31. The number of nitrogens with one attached hydrogen (secondary N) is 1. The Kier molecular flexibility index (Phi) is 4.78. The Morgan fingerprint density at radius 1 is 1.30 bits per heavy atom. The molecule has 0 saturated carbocycles. The minimum absolute atomic E-state index is 0.140. The summed E-state index contributed by atoms with van der Waals surface area (Å²) in [4.78, 5) is 10.5. The summed E-state index contributed by atoms with van der Waals surface area (Å²) < 4.78 is 0. The van der Waals surface area contributed by atoms with E-state index in [1.807, 2.05) is 18.2 Å².